The lowest BCUT2D eigenvalue weighted by atomic mass is 9.62. The molecule has 2 aromatic rings. The number of carboxylic acid groups (broad SMARTS) is 1. The minimum Gasteiger partial charge on any atom is -0.493 e. The van der Waals surface area contributed by atoms with E-state index >= 15 is 0 Å². The van der Waals surface area contributed by atoms with Crippen LogP contribution in [0.1, 0.15) is 56.5 Å². The Morgan fingerprint density at radius 3 is 2.24 bits per heavy atom. The van der Waals surface area contributed by atoms with E-state index in [2.05, 4.69) is 0 Å². The third kappa shape index (κ3) is 4.01. The Morgan fingerprint density at radius 1 is 1.00 bits per heavy atom. The summed E-state index contributed by atoms with van der Waals surface area (Å²) in [6.45, 7) is 7.92. The molecule has 1 aliphatic heterocycles. The number of aliphatic carboxylic acids is 1. The molecular weight excluding hydrogens is 424 g/mol. The SMILES string of the molecule is CCC(CC)(C(=O)O)C(C)(C)COc1c(-c2cccc3c2COC3=O)ccc(OC)c1OC. The molecular formula is C26H32O7. The lowest BCUT2D eigenvalue weighted by molar-refractivity contribution is -0.160. The smallest absolute Gasteiger partial charge is 0.338 e. The van der Waals surface area contributed by atoms with Gasteiger partial charge in [0, 0.05) is 16.5 Å². The van der Waals surface area contributed by atoms with Gasteiger partial charge in [-0.2, -0.15) is 0 Å². The molecule has 2 aromatic carbocycles. The van der Waals surface area contributed by atoms with Gasteiger partial charge in [0.05, 0.1) is 31.8 Å². The maximum Gasteiger partial charge on any atom is 0.338 e. The summed E-state index contributed by atoms with van der Waals surface area (Å²) in [5.41, 5.74) is 1.17. The van der Waals surface area contributed by atoms with Crippen LogP contribution >= 0.6 is 0 Å². The average molecular weight is 457 g/mol. The fraction of sp³-hybridized carbons (Fsp3) is 0.462. The van der Waals surface area contributed by atoms with Gasteiger partial charge in [0.1, 0.15) is 6.61 Å². The van der Waals surface area contributed by atoms with E-state index in [1.807, 2.05) is 39.8 Å². The van der Waals surface area contributed by atoms with E-state index in [0.29, 0.717) is 41.2 Å². The predicted octanol–water partition coefficient (Wildman–Crippen LogP) is 5.34. The summed E-state index contributed by atoms with van der Waals surface area (Å²) >= 11 is 0. The van der Waals surface area contributed by atoms with Gasteiger partial charge >= 0.3 is 11.9 Å². The lowest BCUT2D eigenvalue weighted by Crippen LogP contribution is -2.47. The Labute approximate surface area is 194 Å². The largest absolute Gasteiger partial charge is 0.493 e. The van der Waals surface area contributed by atoms with Crippen molar-refractivity contribution in [1.82, 2.24) is 0 Å². The van der Waals surface area contributed by atoms with E-state index in [0.717, 1.165) is 11.1 Å². The first kappa shape index (κ1) is 24.4. The van der Waals surface area contributed by atoms with Gasteiger partial charge in [0.25, 0.3) is 0 Å². The van der Waals surface area contributed by atoms with Gasteiger partial charge in [0.15, 0.2) is 11.5 Å². The third-order valence-corrected chi connectivity index (χ3v) is 7.02. The molecule has 1 aliphatic rings. The van der Waals surface area contributed by atoms with E-state index in [1.54, 1.807) is 25.3 Å². The quantitative estimate of drug-likeness (QED) is 0.483. The first-order valence-electron chi connectivity index (χ1n) is 11.1. The molecule has 1 N–H and O–H groups in total. The van der Waals surface area contributed by atoms with Crippen LogP contribution in [0.5, 0.6) is 17.2 Å². The number of carbonyl (C=O) groups is 2. The molecule has 0 saturated carbocycles. The molecule has 7 heteroatoms. The average Bonchev–Trinajstić information content (AvgIpc) is 3.18. The van der Waals surface area contributed by atoms with E-state index in [-0.39, 0.29) is 19.2 Å². The van der Waals surface area contributed by atoms with E-state index in [4.69, 9.17) is 18.9 Å². The number of hydrogen-bond acceptors (Lipinski definition) is 6. The van der Waals surface area contributed by atoms with Gasteiger partial charge in [-0.3, -0.25) is 4.79 Å². The Balaban J connectivity index is 2.12. The van der Waals surface area contributed by atoms with Crippen molar-refractivity contribution in [3.63, 3.8) is 0 Å². The highest BCUT2D eigenvalue weighted by atomic mass is 16.5. The van der Waals surface area contributed by atoms with Crippen molar-refractivity contribution in [2.24, 2.45) is 10.8 Å². The van der Waals surface area contributed by atoms with Crippen molar-refractivity contribution in [1.29, 1.82) is 0 Å². The van der Waals surface area contributed by atoms with Crippen molar-refractivity contribution in [3.8, 4) is 28.4 Å². The molecule has 0 bridgehead atoms. The molecule has 0 spiro atoms. The van der Waals surface area contributed by atoms with Crippen LogP contribution in [0, 0.1) is 10.8 Å². The number of ether oxygens (including phenoxy) is 4. The van der Waals surface area contributed by atoms with Crippen LogP contribution in [0.2, 0.25) is 0 Å². The Hall–Kier alpha value is -3.22. The second-order valence-electron chi connectivity index (χ2n) is 8.85. The van der Waals surface area contributed by atoms with Gasteiger partial charge < -0.3 is 24.1 Å². The maximum absolute atomic E-state index is 12.3. The minimum absolute atomic E-state index is 0.141. The number of fused-ring (bicyclic) bond motifs is 1. The van der Waals surface area contributed by atoms with Crippen LogP contribution in [-0.2, 0) is 16.1 Å². The third-order valence-electron chi connectivity index (χ3n) is 7.02. The van der Waals surface area contributed by atoms with Crippen molar-refractivity contribution in [3.05, 3.63) is 41.5 Å². The molecule has 33 heavy (non-hydrogen) atoms. The Kier molecular flexibility index (Phi) is 6.91. The van der Waals surface area contributed by atoms with Crippen molar-refractivity contribution >= 4 is 11.9 Å². The van der Waals surface area contributed by atoms with Crippen LogP contribution in [0.15, 0.2) is 30.3 Å². The number of carbonyl (C=O) groups excluding carboxylic acids is 1. The monoisotopic (exact) mass is 456 g/mol. The second-order valence-corrected chi connectivity index (χ2v) is 8.85. The summed E-state index contributed by atoms with van der Waals surface area (Å²) in [5.74, 6) is 0.139. The topological polar surface area (TPSA) is 91.3 Å². The summed E-state index contributed by atoms with van der Waals surface area (Å²) in [5, 5.41) is 10.1. The summed E-state index contributed by atoms with van der Waals surface area (Å²) in [7, 11) is 3.07. The number of esters is 1. The molecule has 3 rings (SSSR count). The van der Waals surface area contributed by atoms with Crippen LogP contribution in [0.3, 0.4) is 0 Å². The number of benzene rings is 2. The molecule has 0 unspecified atom stereocenters. The number of carboxylic acids is 1. The summed E-state index contributed by atoms with van der Waals surface area (Å²) in [6.07, 6.45) is 0.950. The second kappa shape index (κ2) is 9.33. The first-order valence-corrected chi connectivity index (χ1v) is 11.1. The van der Waals surface area contributed by atoms with Crippen LogP contribution < -0.4 is 14.2 Å². The molecule has 0 atom stereocenters. The Morgan fingerprint density at radius 2 is 1.67 bits per heavy atom. The summed E-state index contributed by atoms with van der Waals surface area (Å²) < 4.78 is 22.7. The first-order chi connectivity index (χ1) is 15.7. The van der Waals surface area contributed by atoms with E-state index in [9.17, 15) is 14.7 Å². The maximum atomic E-state index is 12.3. The molecule has 178 valence electrons. The van der Waals surface area contributed by atoms with E-state index < -0.39 is 16.8 Å². The number of hydrogen-bond donors (Lipinski definition) is 1. The Bertz CT molecular complexity index is 1050. The van der Waals surface area contributed by atoms with Crippen LogP contribution in [-0.4, -0.2) is 37.9 Å². The summed E-state index contributed by atoms with van der Waals surface area (Å²) in [6, 6.07) is 9.08. The molecule has 0 aliphatic carbocycles. The van der Waals surface area contributed by atoms with Crippen LogP contribution in [0.4, 0.5) is 0 Å². The normalized spacial score (nSPS) is 13.3. The summed E-state index contributed by atoms with van der Waals surface area (Å²) in [4.78, 5) is 24.4. The number of methoxy groups -OCH3 is 2. The van der Waals surface area contributed by atoms with Gasteiger partial charge in [0.2, 0.25) is 5.75 Å². The highest BCUT2D eigenvalue weighted by Crippen LogP contribution is 2.49. The van der Waals surface area contributed by atoms with Crippen LogP contribution in [0.25, 0.3) is 11.1 Å². The number of cyclic esters (lactones) is 1. The zero-order chi connectivity index (χ0) is 24.4. The standard InChI is InChI=1S/C26H32O7/c1-7-26(8-2,24(28)29)25(3,4)15-33-21-17(12-13-20(30-5)22(21)31-6)16-10-9-11-18-19(16)14-32-23(18)27/h9-13H,7-8,14-15H2,1-6H3,(H,28,29). The molecule has 0 saturated heterocycles. The molecule has 0 radical (unpaired) electrons. The van der Waals surface area contributed by atoms with Crippen molar-refractivity contribution in [2.75, 3.05) is 20.8 Å². The lowest BCUT2D eigenvalue weighted by Gasteiger charge is -2.42. The molecule has 0 fully saturated rings. The van der Waals surface area contributed by atoms with Gasteiger partial charge in [-0.1, -0.05) is 39.8 Å². The van der Waals surface area contributed by atoms with Crippen molar-refractivity contribution in [2.45, 2.75) is 47.1 Å². The van der Waals surface area contributed by atoms with Crippen molar-refractivity contribution < 1.29 is 33.6 Å². The van der Waals surface area contributed by atoms with E-state index in [1.165, 1.54) is 7.11 Å². The minimum atomic E-state index is -0.951. The van der Waals surface area contributed by atoms with Gasteiger partial charge in [-0.25, -0.2) is 4.79 Å². The zero-order valence-electron chi connectivity index (χ0n) is 20.1. The zero-order valence-corrected chi connectivity index (χ0v) is 20.1. The number of rotatable bonds is 10. The van der Waals surface area contributed by atoms with Gasteiger partial charge in [-0.05, 0) is 36.6 Å². The molecule has 1 heterocycles. The highest BCUT2D eigenvalue weighted by Gasteiger charge is 2.49. The predicted molar refractivity (Wildman–Crippen MR) is 124 cm³/mol. The molecule has 0 aromatic heterocycles. The van der Waals surface area contributed by atoms with Gasteiger partial charge in [-0.15, -0.1) is 0 Å². The molecule has 0 amide bonds. The fourth-order valence-electron chi connectivity index (χ4n) is 4.85. The fourth-order valence-corrected chi connectivity index (χ4v) is 4.85. The highest BCUT2D eigenvalue weighted by molar-refractivity contribution is 5.96. The molecule has 7 nitrogen and oxygen atoms in total.